The van der Waals surface area contributed by atoms with Crippen molar-refractivity contribution in [1.82, 2.24) is 4.57 Å². The lowest BCUT2D eigenvalue weighted by Gasteiger charge is -2.26. The molecule has 2 aliphatic carbocycles. The number of rotatable bonds is 1. The van der Waals surface area contributed by atoms with Gasteiger partial charge in [0.05, 0.1) is 6.10 Å². The number of hydrogen-bond acceptors (Lipinski definition) is 1. The second-order valence-electron chi connectivity index (χ2n) is 6.73. The van der Waals surface area contributed by atoms with E-state index in [-0.39, 0.29) is 6.10 Å². The summed E-state index contributed by atoms with van der Waals surface area (Å²) >= 11 is 0. The number of aliphatic hydroxyl groups is 1. The summed E-state index contributed by atoms with van der Waals surface area (Å²) in [5.41, 5.74) is 4.03. The minimum Gasteiger partial charge on any atom is -0.388 e. The fourth-order valence-corrected chi connectivity index (χ4v) is 4.14. The second kappa shape index (κ2) is 5.32. The molecular weight excluding hydrogens is 234 g/mol. The maximum atomic E-state index is 10.2. The first-order valence-corrected chi connectivity index (χ1v) is 8.05. The quantitative estimate of drug-likeness (QED) is 0.749. The number of aliphatic hydroxyl groups excluding tert-OH is 1. The van der Waals surface area contributed by atoms with Crippen molar-refractivity contribution in [2.24, 2.45) is 5.92 Å². The van der Waals surface area contributed by atoms with Gasteiger partial charge in [0, 0.05) is 23.0 Å². The molecule has 2 aliphatic rings. The van der Waals surface area contributed by atoms with Gasteiger partial charge in [0.2, 0.25) is 0 Å². The fraction of sp³-hybridized carbons (Fsp3) is 0.765. The zero-order chi connectivity index (χ0) is 13.4. The Hall–Kier alpha value is -0.760. The Labute approximate surface area is 116 Å². The van der Waals surface area contributed by atoms with Crippen LogP contribution in [0, 0.1) is 12.8 Å². The molecule has 1 fully saturated rings. The highest BCUT2D eigenvalue weighted by atomic mass is 16.3. The Balaban J connectivity index is 1.91. The van der Waals surface area contributed by atoms with Crippen LogP contribution >= 0.6 is 0 Å². The van der Waals surface area contributed by atoms with Gasteiger partial charge >= 0.3 is 0 Å². The first kappa shape index (κ1) is 13.2. The Morgan fingerprint density at radius 3 is 2.79 bits per heavy atom. The Morgan fingerprint density at radius 2 is 1.95 bits per heavy atom. The van der Waals surface area contributed by atoms with Gasteiger partial charge in [0.15, 0.2) is 0 Å². The van der Waals surface area contributed by atoms with Crippen molar-refractivity contribution < 1.29 is 5.11 Å². The third-order valence-electron chi connectivity index (χ3n) is 5.21. The Kier molecular flexibility index (Phi) is 3.70. The summed E-state index contributed by atoms with van der Waals surface area (Å²) < 4.78 is 2.58. The van der Waals surface area contributed by atoms with Crippen LogP contribution in [0.15, 0.2) is 6.07 Å². The van der Waals surface area contributed by atoms with E-state index in [2.05, 4.69) is 24.5 Å². The smallest absolute Gasteiger partial charge is 0.0807 e. The van der Waals surface area contributed by atoms with Crippen LogP contribution in [0.1, 0.15) is 81.0 Å². The molecule has 3 atom stereocenters. The molecule has 0 saturated heterocycles. The van der Waals surface area contributed by atoms with E-state index in [0.717, 1.165) is 25.2 Å². The van der Waals surface area contributed by atoms with Gasteiger partial charge < -0.3 is 9.67 Å². The molecule has 3 unspecified atom stereocenters. The number of aryl methyl sites for hydroxylation is 1. The Morgan fingerprint density at radius 1 is 1.11 bits per heavy atom. The number of hydrogen-bond donors (Lipinski definition) is 1. The summed E-state index contributed by atoms with van der Waals surface area (Å²) in [6.45, 7) is 4.61. The van der Waals surface area contributed by atoms with Gasteiger partial charge in [-0.05, 0) is 57.4 Å². The molecule has 2 heteroatoms. The molecule has 0 amide bonds. The molecular formula is C17H27NO. The van der Waals surface area contributed by atoms with Gasteiger partial charge in [-0.25, -0.2) is 0 Å². The van der Waals surface area contributed by atoms with Crippen LogP contribution in [0.4, 0.5) is 0 Å². The van der Waals surface area contributed by atoms with Crippen molar-refractivity contribution in [2.75, 3.05) is 0 Å². The van der Waals surface area contributed by atoms with Gasteiger partial charge in [0.1, 0.15) is 0 Å². The van der Waals surface area contributed by atoms with Crippen molar-refractivity contribution >= 4 is 0 Å². The van der Waals surface area contributed by atoms with E-state index in [4.69, 9.17) is 0 Å². The van der Waals surface area contributed by atoms with E-state index >= 15 is 0 Å². The predicted molar refractivity (Wildman–Crippen MR) is 78.4 cm³/mol. The van der Waals surface area contributed by atoms with Crippen LogP contribution in [0.25, 0.3) is 0 Å². The maximum absolute atomic E-state index is 10.2. The molecule has 0 spiro atoms. The van der Waals surface area contributed by atoms with Gasteiger partial charge in [0.25, 0.3) is 0 Å². The lowest BCUT2D eigenvalue weighted by molar-refractivity contribution is 0.155. The normalized spacial score (nSPS) is 31.8. The van der Waals surface area contributed by atoms with Crippen molar-refractivity contribution in [3.8, 4) is 0 Å². The van der Waals surface area contributed by atoms with Crippen LogP contribution < -0.4 is 0 Å². The molecule has 106 valence electrons. The minimum absolute atomic E-state index is 0.214. The molecule has 0 aromatic carbocycles. The summed E-state index contributed by atoms with van der Waals surface area (Å²) in [5.74, 6) is 0.891. The molecule has 1 N–H and O–H groups in total. The molecule has 0 radical (unpaired) electrons. The van der Waals surface area contributed by atoms with E-state index in [1.54, 1.807) is 0 Å². The molecule has 19 heavy (non-hydrogen) atoms. The Bertz CT molecular complexity index is 448. The average molecular weight is 261 g/mol. The average Bonchev–Trinajstić information content (AvgIpc) is 2.57. The molecule has 1 aromatic heterocycles. The summed E-state index contributed by atoms with van der Waals surface area (Å²) in [4.78, 5) is 0. The highest BCUT2D eigenvalue weighted by Crippen LogP contribution is 2.38. The third kappa shape index (κ3) is 2.47. The highest BCUT2D eigenvalue weighted by Gasteiger charge is 2.27. The fourth-order valence-electron chi connectivity index (χ4n) is 4.14. The molecule has 2 nitrogen and oxygen atoms in total. The van der Waals surface area contributed by atoms with Crippen molar-refractivity contribution in [3.63, 3.8) is 0 Å². The molecule has 3 rings (SSSR count). The van der Waals surface area contributed by atoms with E-state index in [0.29, 0.717) is 6.04 Å². The van der Waals surface area contributed by atoms with Gasteiger partial charge in [-0.1, -0.05) is 19.8 Å². The summed E-state index contributed by atoms with van der Waals surface area (Å²) in [6.07, 6.45) is 9.78. The molecule has 1 saturated carbocycles. The van der Waals surface area contributed by atoms with Crippen LogP contribution in [0.5, 0.6) is 0 Å². The van der Waals surface area contributed by atoms with Crippen LogP contribution in [0.2, 0.25) is 0 Å². The van der Waals surface area contributed by atoms with Crippen molar-refractivity contribution in [3.05, 3.63) is 23.0 Å². The summed E-state index contributed by atoms with van der Waals surface area (Å²) in [6, 6.07) is 2.92. The monoisotopic (exact) mass is 261 g/mol. The predicted octanol–water partition coefficient (Wildman–Crippen LogP) is 4.31. The van der Waals surface area contributed by atoms with E-state index in [9.17, 15) is 5.11 Å². The topological polar surface area (TPSA) is 25.2 Å². The number of aromatic nitrogens is 1. The minimum atomic E-state index is -0.214. The van der Waals surface area contributed by atoms with Crippen LogP contribution in [0.3, 0.4) is 0 Å². The molecule has 1 heterocycles. The van der Waals surface area contributed by atoms with Crippen LogP contribution in [-0.4, -0.2) is 9.67 Å². The number of fused-ring (bicyclic) bond motifs is 1. The first-order valence-electron chi connectivity index (χ1n) is 8.05. The van der Waals surface area contributed by atoms with Gasteiger partial charge in [-0.3, -0.25) is 0 Å². The lowest BCUT2D eigenvalue weighted by Crippen LogP contribution is -2.17. The molecule has 1 aromatic rings. The highest BCUT2D eigenvalue weighted by molar-refractivity contribution is 5.32. The van der Waals surface area contributed by atoms with Crippen LogP contribution in [-0.2, 0) is 6.42 Å². The number of nitrogens with zero attached hydrogens (tertiary/aromatic N) is 1. The van der Waals surface area contributed by atoms with Crippen molar-refractivity contribution in [2.45, 2.75) is 77.4 Å². The van der Waals surface area contributed by atoms with Gasteiger partial charge in [-0.2, -0.15) is 0 Å². The maximum Gasteiger partial charge on any atom is 0.0807 e. The van der Waals surface area contributed by atoms with E-state index in [1.165, 1.54) is 49.1 Å². The van der Waals surface area contributed by atoms with E-state index in [1.807, 2.05) is 0 Å². The largest absolute Gasteiger partial charge is 0.388 e. The van der Waals surface area contributed by atoms with Crippen molar-refractivity contribution in [1.29, 1.82) is 0 Å². The standard InChI is InChI=1S/C17H27NO/c1-12-5-3-6-14(10-9-12)18-13(2)11-15-16(18)7-4-8-17(15)19/h11-12,14,17,19H,3-10H2,1-2H3. The molecule has 0 bridgehead atoms. The summed E-state index contributed by atoms with van der Waals surface area (Å²) in [5, 5.41) is 10.2. The first-order chi connectivity index (χ1) is 9.16. The zero-order valence-electron chi connectivity index (χ0n) is 12.4. The second-order valence-corrected chi connectivity index (χ2v) is 6.73. The molecule has 0 aliphatic heterocycles. The van der Waals surface area contributed by atoms with Gasteiger partial charge in [-0.15, -0.1) is 0 Å². The lowest BCUT2D eigenvalue weighted by atomic mass is 9.94. The zero-order valence-corrected chi connectivity index (χ0v) is 12.4. The van der Waals surface area contributed by atoms with E-state index < -0.39 is 0 Å². The third-order valence-corrected chi connectivity index (χ3v) is 5.21. The SMILES string of the molecule is Cc1cc2c(n1C1CCCC(C)CC1)CCCC2O. The summed E-state index contributed by atoms with van der Waals surface area (Å²) in [7, 11) is 0.